The molecule has 0 aliphatic rings. The van der Waals surface area contributed by atoms with Crippen molar-refractivity contribution in [2.75, 3.05) is 5.32 Å². The summed E-state index contributed by atoms with van der Waals surface area (Å²) in [4.78, 5) is 16.6. The van der Waals surface area contributed by atoms with Crippen molar-refractivity contribution in [2.45, 2.75) is 13.3 Å². The Bertz CT molecular complexity index is 1120. The normalized spacial score (nSPS) is 10.9. The molecular weight excluding hydrogens is 340 g/mol. The molecule has 1 amide bonds. The second kappa shape index (κ2) is 6.96. The van der Waals surface area contributed by atoms with Crippen LogP contribution in [0.3, 0.4) is 0 Å². The Morgan fingerprint density at radius 2 is 1.89 bits per heavy atom. The lowest BCUT2D eigenvalue weighted by atomic mass is 10.1. The van der Waals surface area contributed by atoms with Crippen molar-refractivity contribution in [3.63, 3.8) is 0 Å². The minimum absolute atomic E-state index is 0.00390. The number of phenolic OH excluding ortho intramolecular Hbond substituents is 1. The first-order valence-electron chi connectivity index (χ1n) is 8.63. The molecule has 0 bridgehead atoms. The van der Waals surface area contributed by atoms with Gasteiger partial charge in [0.05, 0.1) is 12.0 Å². The molecule has 0 atom stereocenters. The van der Waals surface area contributed by atoms with Crippen molar-refractivity contribution in [1.82, 2.24) is 4.98 Å². The highest BCUT2D eigenvalue weighted by molar-refractivity contribution is 5.93. The Balaban J connectivity index is 1.54. The van der Waals surface area contributed by atoms with Crippen molar-refractivity contribution in [2.24, 2.45) is 0 Å². The Hall–Kier alpha value is -3.60. The second-order valence-electron chi connectivity index (χ2n) is 6.43. The van der Waals surface area contributed by atoms with Gasteiger partial charge >= 0.3 is 0 Å². The molecule has 0 radical (unpaired) electrons. The van der Waals surface area contributed by atoms with Crippen LogP contribution in [0.2, 0.25) is 0 Å². The fraction of sp³-hybridized carbons (Fsp3) is 0.0909. The molecule has 5 nitrogen and oxygen atoms in total. The number of carbonyl (C=O) groups excluding carboxylic acids is 1. The van der Waals surface area contributed by atoms with Gasteiger partial charge in [-0.15, -0.1) is 0 Å². The predicted molar refractivity (Wildman–Crippen MR) is 105 cm³/mol. The molecule has 0 unspecified atom stereocenters. The zero-order chi connectivity index (χ0) is 18.8. The van der Waals surface area contributed by atoms with E-state index in [1.165, 1.54) is 6.07 Å². The summed E-state index contributed by atoms with van der Waals surface area (Å²) in [5.74, 6) is 0.191. The fourth-order valence-corrected chi connectivity index (χ4v) is 2.93. The van der Waals surface area contributed by atoms with Crippen molar-refractivity contribution in [3.05, 3.63) is 77.9 Å². The highest BCUT2D eigenvalue weighted by atomic mass is 16.3. The topological polar surface area (TPSA) is 75.4 Å². The first-order chi connectivity index (χ1) is 13.1. The van der Waals surface area contributed by atoms with Crippen molar-refractivity contribution in [3.8, 4) is 17.2 Å². The van der Waals surface area contributed by atoms with E-state index in [1.54, 1.807) is 12.1 Å². The Morgan fingerprint density at radius 3 is 2.67 bits per heavy atom. The van der Waals surface area contributed by atoms with Gasteiger partial charge in [0, 0.05) is 11.8 Å². The number of benzene rings is 3. The maximum absolute atomic E-state index is 12.2. The first kappa shape index (κ1) is 16.8. The van der Waals surface area contributed by atoms with Crippen LogP contribution in [0.1, 0.15) is 11.1 Å². The van der Waals surface area contributed by atoms with Gasteiger partial charge in [0.2, 0.25) is 11.8 Å². The Morgan fingerprint density at radius 1 is 1.07 bits per heavy atom. The molecule has 0 fully saturated rings. The van der Waals surface area contributed by atoms with Crippen LogP contribution < -0.4 is 5.32 Å². The number of carbonyl (C=O) groups is 1. The number of aryl methyl sites for hydroxylation is 1. The van der Waals surface area contributed by atoms with Gasteiger partial charge in [0.25, 0.3) is 0 Å². The number of phenols is 1. The smallest absolute Gasteiger partial charge is 0.231 e. The average molecular weight is 358 g/mol. The molecule has 27 heavy (non-hydrogen) atoms. The quantitative estimate of drug-likeness (QED) is 0.555. The molecule has 4 rings (SSSR count). The van der Waals surface area contributed by atoms with Gasteiger partial charge in [-0.3, -0.25) is 4.79 Å². The van der Waals surface area contributed by atoms with Crippen molar-refractivity contribution in [1.29, 1.82) is 0 Å². The lowest BCUT2D eigenvalue weighted by Crippen LogP contribution is -2.14. The molecule has 2 N–H and O–H groups in total. The summed E-state index contributed by atoms with van der Waals surface area (Å²) in [6.45, 7) is 1.98. The third kappa shape index (κ3) is 3.67. The van der Waals surface area contributed by atoms with Crippen LogP contribution in [0.15, 0.2) is 71.1 Å². The Labute approximate surface area is 156 Å². The molecule has 134 valence electrons. The molecule has 5 heteroatoms. The molecule has 0 spiro atoms. The molecule has 1 aromatic heterocycles. The SMILES string of the molecule is Cc1ccc2oc(-c3ccc(NC(=O)Cc4ccccc4)cc3O)nc2c1. The summed E-state index contributed by atoms with van der Waals surface area (Å²) in [5.41, 5.74) is 4.41. The Kier molecular flexibility index (Phi) is 4.34. The molecule has 1 heterocycles. The van der Waals surface area contributed by atoms with Gasteiger partial charge in [-0.1, -0.05) is 36.4 Å². The zero-order valence-corrected chi connectivity index (χ0v) is 14.8. The summed E-state index contributed by atoms with van der Waals surface area (Å²) in [7, 11) is 0. The number of fused-ring (bicyclic) bond motifs is 1. The van der Waals surface area contributed by atoms with Gasteiger partial charge in [-0.25, -0.2) is 4.98 Å². The minimum Gasteiger partial charge on any atom is -0.507 e. The van der Waals surface area contributed by atoms with Gasteiger partial charge in [0.1, 0.15) is 11.3 Å². The van der Waals surface area contributed by atoms with E-state index in [0.717, 1.165) is 16.6 Å². The number of anilines is 1. The van der Waals surface area contributed by atoms with Crippen LogP contribution >= 0.6 is 0 Å². The van der Waals surface area contributed by atoms with Crippen LogP contribution in [-0.2, 0) is 11.2 Å². The molecule has 0 aliphatic heterocycles. The lowest BCUT2D eigenvalue weighted by Gasteiger charge is -2.07. The van der Waals surface area contributed by atoms with Gasteiger partial charge < -0.3 is 14.8 Å². The number of nitrogens with zero attached hydrogens (tertiary/aromatic N) is 1. The highest BCUT2D eigenvalue weighted by Crippen LogP contribution is 2.33. The second-order valence-corrected chi connectivity index (χ2v) is 6.43. The summed E-state index contributed by atoms with van der Waals surface area (Å²) in [6, 6.07) is 20.1. The third-order valence-electron chi connectivity index (χ3n) is 4.26. The van der Waals surface area contributed by atoms with E-state index in [1.807, 2.05) is 55.5 Å². The molecule has 0 saturated carbocycles. The van der Waals surface area contributed by atoms with Crippen molar-refractivity contribution >= 4 is 22.7 Å². The number of hydrogen-bond acceptors (Lipinski definition) is 4. The van der Waals surface area contributed by atoms with Crippen LogP contribution in [0.25, 0.3) is 22.6 Å². The lowest BCUT2D eigenvalue weighted by molar-refractivity contribution is -0.115. The third-order valence-corrected chi connectivity index (χ3v) is 4.26. The maximum Gasteiger partial charge on any atom is 0.231 e. The van der Waals surface area contributed by atoms with E-state index in [0.29, 0.717) is 22.7 Å². The summed E-state index contributed by atoms with van der Waals surface area (Å²) in [5, 5.41) is 13.2. The van der Waals surface area contributed by atoms with E-state index >= 15 is 0 Å². The fourth-order valence-electron chi connectivity index (χ4n) is 2.93. The van der Waals surface area contributed by atoms with Gasteiger partial charge in [-0.2, -0.15) is 0 Å². The predicted octanol–water partition coefficient (Wildman–Crippen LogP) is 4.69. The molecule has 3 aromatic carbocycles. The largest absolute Gasteiger partial charge is 0.507 e. The molecule has 0 saturated heterocycles. The van der Waals surface area contributed by atoms with E-state index < -0.39 is 0 Å². The zero-order valence-electron chi connectivity index (χ0n) is 14.8. The number of aromatic hydroxyl groups is 1. The number of nitrogens with one attached hydrogen (secondary N) is 1. The molecular formula is C22H18N2O3. The molecule has 4 aromatic rings. The van der Waals surface area contributed by atoms with E-state index in [-0.39, 0.29) is 18.1 Å². The molecule has 0 aliphatic carbocycles. The van der Waals surface area contributed by atoms with Crippen LogP contribution in [0, 0.1) is 6.92 Å². The summed E-state index contributed by atoms with van der Waals surface area (Å²) in [6.07, 6.45) is 0.272. The number of aromatic nitrogens is 1. The van der Waals surface area contributed by atoms with E-state index in [4.69, 9.17) is 4.42 Å². The minimum atomic E-state index is -0.148. The van der Waals surface area contributed by atoms with Crippen LogP contribution in [0.5, 0.6) is 5.75 Å². The summed E-state index contributed by atoms with van der Waals surface area (Å²) >= 11 is 0. The number of hydrogen-bond donors (Lipinski definition) is 2. The van der Waals surface area contributed by atoms with Crippen LogP contribution in [0.4, 0.5) is 5.69 Å². The van der Waals surface area contributed by atoms with Gasteiger partial charge in [-0.05, 0) is 42.3 Å². The average Bonchev–Trinajstić information content (AvgIpc) is 3.05. The monoisotopic (exact) mass is 358 g/mol. The highest BCUT2D eigenvalue weighted by Gasteiger charge is 2.14. The van der Waals surface area contributed by atoms with Crippen molar-refractivity contribution < 1.29 is 14.3 Å². The van der Waals surface area contributed by atoms with Gasteiger partial charge in [0.15, 0.2) is 5.58 Å². The number of oxazole rings is 1. The number of rotatable bonds is 4. The van der Waals surface area contributed by atoms with E-state index in [2.05, 4.69) is 10.3 Å². The maximum atomic E-state index is 12.2. The number of amides is 1. The summed E-state index contributed by atoms with van der Waals surface area (Å²) < 4.78 is 5.73. The standard InChI is InChI=1S/C22H18N2O3/c1-14-7-10-20-18(11-14)24-22(27-20)17-9-8-16(13-19(17)25)23-21(26)12-15-5-3-2-4-6-15/h2-11,13,25H,12H2,1H3,(H,23,26). The van der Waals surface area contributed by atoms with Crippen LogP contribution in [-0.4, -0.2) is 16.0 Å². The first-order valence-corrected chi connectivity index (χ1v) is 8.63. The van der Waals surface area contributed by atoms with E-state index in [9.17, 15) is 9.90 Å².